The molecule has 29 heteroatoms. The van der Waals surface area contributed by atoms with Crippen molar-refractivity contribution < 1.29 is 42.7 Å². The monoisotopic (exact) mass is 1840 g/mol. The first-order chi connectivity index (χ1) is 62.0. The van der Waals surface area contributed by atoms with Gasteiger partial charge in [0, 0.05) is 56.4 Å². The van der Waals surface area contributed by atoms with E-state index in [2.05, 4.69) is 192 Å². The van der Waals surface area contributed by atoms with Crippen LogP contribution in [-0.2, 0) is 9.31 Å². The molecule has 626 valence electrons. The Morgan fingerprint density at radius 1 is 0.312 bits per heavy atom. The summed E-state index contributed by atoms with van der Waals surface area (Å²) in [5, 5.41) is 42.5. The molecule has 0 bridgehead atoms. The average molecular weight is 1850 g/mol. The fourth-order valence-corrected chi connectivity index (χ4v) is 15.6. The Morgan fingerprint density at radius 3 is 1.16 bits per heavy atom. The van der Waals surface area contributed by atoms with E-state index in [0.717, 1.165) is 104 Å². The third kappa shape index (κ3) is 19.6. The smallest absolute Gasteiger partial charge is 0.434 e. The van der Waals surface area contributed by atoms with Gasteiger partial charge in [-0.3, -0.25) is 0 Å². The normalized spacial score (nSPS) is 12.5. The lowest BCUT2D eigenvalue weighted by Gasteiger charge is -2.32. The summed E-state index contributed by atoms with van der Waals surface area (Å²) in [5.74, 6) is 0.699. The van der Waals surface area contributed by atoms with Crippen molar-refractivity contribution in [3.05, 3.63) is 359 Å². The molecule has 1 saturated heterocycles. The molecule has 1 aliphatic rings. The summed E-state index contributed by atoms with van der Waals surface area (Å²) in [6.07, 6.45) is 5.20. The second kappa shape index (κ2) is 38.3. The molecule has 0 aliphatic carbocycles. The van der Waals surface area contributed by atoms with Gasteiger partial charge >= 0.3 is 21.4 Å². The molecule has 0 unspecified atom stereocenters. The van der Waals surface area contributed by atoms with Gasteiger partial charge in [0.25, 0.3) is 0 Å². The van der Waals surface area contributed by atoms with Crippen molar-refractivity contribution in [2.75, 3.05) is 0 Å². The highest BCUT2D eigenvalue weighted by Crippen LogP contribution is 2.41. The molecule has 20 nitrogen and oxygen atoms in total. The van der Waals surface area contributed by atoms with Crippen LogP contribution in [0.2, 0.25) is 26.2 Å². The minimum atomic E-state index is -1.38. The van der Waals surface area contributed by atoms with Gasteiger partial charge in [-0.1, -0.05) is 302 Å². The van der Waals surface area contributed by atoms with Gasteiger partial charge in [-0.25, -0.2) is 54.8 Å². The molecule has 4 N–H and O–H groups in total. The van der Waals surface area contributed by atoms with Crippen LogP contribution in [0.3, 0.4) is 0 Å². The highest BCUT2D eigenvalue weighted by molar-refractivity contribution is 9.10. The number of rotatable bonds is 10. The summed E-state index contributed by atoms with van der Waals surface area (Å²) in [5.41, 5.74) is 18.7. The van der Waals surface area contributed by atoms with Crippen LogP contribution < -0.4 is 16.4 Å². The summed E-state index contributed by atoms with van der Waals surface area (Å²) in [6.45, 7) is 8.28. The maximum atomic E-state index is 8.94. The van der Waals surface area contributed by atoms with Crippen molar-refractivity contribution in [3.8, 4) is 78.5 Å². The first-order valence-electron chi connectivity index (χ1n) is 40.2. The summed E-state index contributed by atoms with van der Waals surface area (Å²) in [4.78, 5) is 47.8. The zero-order valence-electron chi connectivity index (χ0n) is 68.4. The third-order valence-corrected chi connectivity index (χ3v) is 23.0. The predicted octanol–water partition coefficient (Wildman–Crippen LogP) is 22.8. The molecule has 21 aromatic rings. The quantitative estimate of drug-likeness (QED) is 0.0562. The van der Waals surface area contributed by atoms with Gasteiger partial charge in [-0.05, 0) is 169 Å². The topological polar surface area (TPSA) is 281 Å². The predicted molar refractivity (Wildman–Crippen MR) is 517 cm³/mol. The van der Waals surface area contributed by atoms with Crippen LogP contribution in [0.5, 0.6) is 0 Å². The van der Waals surface area contributed by atoms with Crippen molar-refractivity contribution in [2.45, 2.75) is 38.9 Å². The van der Waals surface area contributed by atoms with Gasteiger partial charge in [0.05, 0.1) is 38.7 Å². The molecule has 11 aromatic carbocycles. The Balaban J connectivity index is 0.000000115. The molecule has 1 fully saturated rings. The van der Waals surface area contributed by atoms with E-state index < -0.39 is 21.4 Å². The van der Waals surface area contributed by atoms with Crippen LogP contribution in [-0.4, -0.2) is 107 Å². The van der Waals surface area contributed by atoms with Crippen molar-refractivity contribution >= 4 is 200 Å². The van der Waals surface area contributed by atoms with E-state index in [0.29, 0.717) is 72.9 Å². The Bertz CT molecular complexity index is 7570. The van der Waals surface area contributed by atoms with Gasteiger partial charge in [-0.2, -0.15) is 0 Å². The Kier molecular flexibility index (Phi) is 26.0. The lowest BCUT2D eigenvalue weighted by molar-refractivity contribution is 0.00578. The number of halogens is 6. The molecule has 0 amide bonds. The molecule has 11 heterocycles. The highest BCUT2D eigenvalue weighted by atomic mass is 79.9. The van der Waals surface area contributed by atoms with Crippen LogP contribution in [0.4, 0.5) is 0 Å². The average Bonchev–Trinajstić information content (AvgIpc) is 1.57. The minimum absolute atomic E-state index is 0.0835. The van der Waals surface area contributed by atoms with Crippen LogP contribution in [0.25, 0.3) is 167 Å². The summed E-state index contributed by atoms with van der Waals surface area (Å²) in [7, 11) is -3.12. The zero-order valence-corrected chi connectivity index (χ0v) is 73.8. The van der Waals surface area contributed by atoms with E-state index in [4.69, 9.17) is 111 Å². The number of fused-ring (bicyclic) bond motifs is 11. The molecule has 10 aromatic heterocycles. The Hall–Kier alpha value is -13.0. The number of hydrogen-bond acceptors (Lipinski definition) is 20. The second-order valence-electron chi connectivity index (χ2n) is 30.4. The van der Waals surface area contributed by atoms with Crippen molar-refractivity contribution in [2.24, 2.45) is 0 Å². The fraction of sp³-hybridized carbons (Fsp3) is 0.0606. The first kappa shape index (κ1) is 87.1. The van der Waals surface area contributed by atoms with Gasteiger partial charge in [-0.15, -0.1) is 0 Å². The number of pyridine rings is 3. The van der Waals surface area contributed by atoms with Crippen molar-refractivity contribution in [3.63, 3.8) is 0 Å². The van der Waals surface area contributed by atoms with E-state index in [1.807, 2.05) is 176 Å². The molecule has 0 atom stereocenters. The van der Waals surface area contributed by atoms with Crippen molar-refractivity contribution in [1.29, 1.82) is 0 Å². The van der Waals surface area contributed by atoms with E-state index >= 15 is 0 Å². The number of aromatic nitrogens is 11. The maximum Gasteiger partial charge on any atom is 0.494 e. The van der Waals surface area contributed by atoms with Crippen LogP contribution >= 0.6 is 73.9 Å². The van der Waals surface area contributed by atoms with E-state index in [-0.39, 0.29) is 37.4 Å². The van der Waals surface area contributed by atoms with Gasteiger partial charge < -0.3 is 42.7 Å². The Morgan fingerprint density at radius 2 is 0.680 bits per heavy atom. The molecule has 22 rings (SSSR count). The first-order valence-corrected chi connectivity index (χ1v) is 42.8. The standard InChI is InChI=1S/C34H31BN2O2.C25H14ClN3O.C15H7Cl2N3O.C10H9BO2.C9H2BrCl2N3O.C6H7BO2/c1-33(2)34(3,4)39-35(38-33)29-21-19-27(20-22-29)31-23-30(36-32(37-31)28-13-9-6-10-14-28)26-17-15-25(16-18-26)24-11-7-5-8-12-24;26-25-28-21(18-11-10-16-8-4-5-9-17(16)12-18)23-22(29-25)20-13-19(14-27-24(20)30-23)15-6-2-1-3-7-15;16-13-12-11(19-15(17)20-13)10-6-9(7-18-14(10)21-12)8-4-2-1-3-5-8;12-11(13)10-6-5-8-3-1-2-4-9(8)7-10;10-3-1-4-5-6(16-8(4)13-2-3)7(11)15-9(12)14-5;8-7(9)6-4-2-1-3-5-6/h5-23H,1-4H3;1-14H;1-7H;1-7,12-13H;1-2H;1-5,8-9H. The molecular formula is C99H70B3BrCl5N11O9. The highest BCUT2D eigenvalue weighted by Gasteiger charge is 2.51. The van der Waals surface area contributed by atoms with Gasteiger partial charge in [0.1, 0.15) is 22.2 Å². The van der Waals surface area contributed by atoms with Crippen LogP contribution in [0, 0.1) is 0 Å². The number of benzene rings is 11. The van der Waals surface area contributed by atoms with Crippen LogP contribution in [0.15, 0.2) is 346 Å². The summed E-state index contributed by atoms with van der Waals surface area (Å²) >= 11 is 33.2. The molecule has 1 aliphatic heterocycles. The minimum Gasteiger partial charge on any atom is -0.434 e. The van der Waals surface area contributed by atoms with Gasteiger partial charge in [0.2, 0.25) is 33.0 Å². The molecular weight excluding hydrogens is 1780 g/mol. The van der Waals surface area contributed by atoms with Crippen LogP contribution in [0.1, 0.15) is 27.7 Å². The van der Waals surface area contributed by atoms with E-state index in [1.165, 1.54) is 11.1 Å². The lowest BCUT2D eigenvalue weighted by Crippen LogP contribution is -2.41. The zero-order chi connectivity index (χ0) is 88.7. The van der Waals surface area contributed by atoms with E-state index in [9.17, 15) is 0 Å². The molecule has 0 radical (unpaired) electrons. The lowest BCUT2D eigenvalue weighted by atomic mass is 9.79. The van der Waals surface area contributed by atoms with E-state index in [1.54, 1.807) is 48.8 Å². The number of nitrogens with zero attached hydrogens (tertiary/aromatic N) is 11. The SMILES string of the molecule is CC1(C)OB(c2ccc(-c3cc(-c4ccc(-c5ccccc5)cc4)nc(-c4ccccc4)n3)cc2)OC1(C)C.Clc1nc(-c2ccc3ccccc3c2)c2oc3ncc(-c4ccccc4)cc3c2n1.Clc1nc(Cl)c2oc3ncc(-c4ccccc4)cc3c2n1.Clc1nc(Cl)c2oc3ncc(Br)cc3c2n1.OB(O)c1ccc2ccccc2c1.OB(O)c1ccccc1. The fourth-order valence-electron chi connectivity index (χ4n) is 14.2. The Labute approximate surface area is 767 Å². The summed E-state index contributed by atoms with van der Waals surface area (Å²) < 4.78 is 30.5. The summed E-state index contributed by atoms with van der Waals surface area (Å²) in [6, 6.07) is 102. The molecule has 0 saturated carbocycles. The number of hydrogen-bond donors (Lipinski definition) is 4. The third-order valence-electron chi connectivity index (χ3n) is 21.5. The second-order valence-corrected chi connectivity index (χ2v) is 33.1. The maximum absolute atomic E-state index is 8.94. The largest absolute Gasteiger partial charge is 0.494 e. The van der Waals surface area contributed by atoms with Crippen molar-refractivity contribution in [1.82, 2.24) is 54.8 Å². The molecule has 0 spiro atoms. The number of furan rings is 3. The van der Waals surface area contributed by atoms with Gasteiger partial charge in [0.15, 0.2) is 32.9 Å². The molecule has 128 heavy (non-hydrogen) atoms.